The van der Waals surface area contributed by atoms with Crippen molar-refractivity contribution in [1.29, 1.82) is 0 Å². The number of nitrogens with one attached hydrogen (secondary N) is 1. The average molecular weight is 410 g/mol. The van der Waals surface area contributed by atoms with Crippen LogP contribution < -0.4 is 14.8 Å². The van der Waals surface area contributed by atoms with Crippen molar-refractivity contribution in [2.45, 2.75) is 26.8 Å². The molecule has 0 saturated carbocycles. The van der Waals surface area contributed by atoms with Gasteiger partial charge in [-0.3, -0.25) is 0 Å². The second-order valence-electron chi connectivity index (χ2n) is 7.16. The highest BCUT2D eigenvalue weighted by atomic mass is 16.5. The number of imidazole rings is 1. The number of likely N-dealkylation sites (N-methyl/N-ethyl adjacent to an activating group) is 1. The summed E-state index contributed by atoms with van der Waals surface area (Å²) < 4.78 is 12.8. The van der Waals surface area contributed by atoms with E-state index in [1.54, 1.807) is 14.2 Å². The smallest absolute Gasteiger partial charge is 0.194 e. The van der Waals surface area contributed by atoms with Gasteiger partial charge in [-0.25, -0.2) is 9.98 Å². The Morgan fingerprint density at radius 2 is 1.97 bits per heavy atom. The Morgan fingerprint density at radius 3 is 2.67 bits per heavy atom. The van der Waals surface area contributed by atoms with E-state index in [0.29, 0.717) is 6.54 Å². The molecule has 0 aliphatic rings. The molecule has 7 nitrogen and oxygen atoms in total. The van der Waals surface area contributed by atoms with Crippen LogP contribution in [0.3, 0.4) is 0 Å². The van der Waals surface area contributed by atoms with Crippen LogP contribution in [0.5, 0.6) is 11.5 Å². The number of hydrogen-bond donors (Lipinski definition) is 1. The van der Waals surface area contributed by atoms with Crippen molar-refractivity contribution in [2.24, 2.45) is 4.99 Å². The summed E-state index contributed by atoms with van der Waals surface area (Å²) in [6.45, 7) is 6.32. The summed E-state index contributed by atoms with van der Waals surface area (Å²) in [5, 5.41) is 3.37. The molecule has 0 fully saturated rings. The van der Waals surface area contributed by atoms with Gasteiger partial charge in [0.15, 0.2) is 17.5 Å². The van der Waals surface area contributed by atoms with E-state index in [-0.39, 0.29) is 0 Å². The van der Waals surface area contributed by atoms with E-state index in [1.807, 2.05) is 24.3 Å². The zero-order valence-electron chi connectivity index (χ0n) is 18.5. The molecule has 0 aliphatic heterocycles. The minimum atomic E-state index is 0.532. The van der Waals surface area contributed by atoms with E-state index in [2.05, 4.69) is 58.8 Å². The van der Waals surface area contributed by atoms with E-state index in [0.717, 1.165) is 54.0 Å². The maximum atomic E-state index is 5.41. The lowest BCUT2D eigenvalue weighted by Crippen LogP contribution is -2.40. The van der Waals surface area contributed by atoms with Crippen LogP contribution in [0.1, 0.15) is 23.9 Å². The number of ether oxygens (including phenoxy) is 2. The second-order valence-corrected chi connectivity index (χ2v) is 7.16. The standard InChI is InChI=1S/C23H31N5O2/c1-6-24-23(25-15-19-16-28-17(2)8-7-9-22(28)26-19)27(3)13-12-18-10-11-20(29-4)21(14-18)30-5/h7-11,14,16H,6,12-13,15H2,1-5H3,(H,24,25). The predicted octanol–water partition coefficient (Wildman–Crippen LogP) is 3.30. The van der Waals surface area contributed by atoms with Crippen molar-refractivity contribution in [3.8, 4) is 11.5 Å². The number of aliphatic imine (C=N–C) groups is 1. The largest absolute Gasteiger partial charge is 0.493 e. The topological polar surface area (TPSA) is 63.4 Å². The third-order valence-corrected chi connectivity index (χ3v) is 5.02. The Balaban J connectivity index is 1.67. The monoisotopic (exact) mass is 409 g/mol. The summed E-state index contributed by atoms with van der Waals surface area (Å²) >= 11 is 0. The minimum absolute atomic E-state index is 0.532. The third kappa shape index (κ3) is 5.03. The average Bonchev–Trinajstić information content (AvgIpc) is 3.19. The molecule has 0 saturated heterocycles. The molecular formula is C23H31N5O2. The molecule has 3 aromatic rings. The molecule has 0 aliphatic carbocycles. The second kappa shape index (κ2) is 10.0. The highest BCUT2D eigenvalue weighted by Crippen LogP contribution is 2.27. The van der Waals surface area contributed by atoms with Gasteiger partial charge in [0.1, 0.15) is 5.65 Å². The number of nitrogens with zero attached hydrogens (tertiary/aromatic N) is 4. The van der Waals surface area contributed by atoms with Crippen LogP contribution in [-0.2, 0) is 13.0 Å². The number of pyridine rings is 1. The molecular weight excluding hydrogens is 378 g/mol. The molecule has 30 heavy (non-hydrogen) atoms. The van der Waals surface area contributed by atoms with Crippen molar-refractivity contribution in [2.75, 3.05) is 34.4 Å². The molecule has 2 aromatic heterocycles. The molecule has 1 N–H and O–H groups in total. The number of benzene rings is 1. The van der Waals surface area contributed by atoms with Gasteiger partial charge in [0.25, 0.3) is 0 Å². The highest BCUT2D eigenvalue weighted by Gasteiger charge is 2.09. The Hall–Kier alpha value is -3.22. The summed E-state index contributed by atoms with van der Waals surface area (Å²) in [6.07, 6.45) is 2.93. The van der Waals surface area contributed by atoms with Gasteiger partial charge in [0.05, 0.1) is 26.5 Å². The Bertz CT molecular complexity index is 1010. The summed E-state index contributed by atoms with van der Waals surface area (Å²) in [5.41, 5.74) is 4.25. The van der Waals surface area contributed by atoms with Gasteiger partial charge >= 0.3 is 0 Å². The molecule has 0 unspecified atom stereocenters. The number of rotatable bonds is 8. The number of methoxy groups -OCH3 is 2. The highest BCUT2D eigenvalue weighted by molar-refractivity contribution is 5.79. The van der Waals surface area contributed by atoms with Gasteiger partial charge in [0, 0.05) is 32.0 Å². The van der Waals surface area contributed by atoms with Crippen LogP contribution in [-0.4, -0.2) is 54.6 Å². The molecule has 0 amide bonds. The van der Waals surface area contributed by atoms with E-state index in [4.69, 9.17) is 14.5 Å². The number of hydrogen-bond acceptors (Lipinski definition) is 4. The van der Waals surface area contributed by atoms with E-state index in [1.165, 1.54) is 5.56 Å². The van der Waals surface area contributed by atoms with Crippen molar-refractivity contribution >= 4 is 11.6 Å². The van der Waals surface area contributed by atoms with Gasteiger partial charge in [-0.05, 0) is 50.1 Å². The Labute approximate surface area is 178 Å². The first-order valence-electron chi connectivity index (χ1n) is 10.2. The van der Waals surface area contributed by atoms with Crippen LogP contribution in [0, 0.1) is 6.92 Å². The van der Waals surface area contributed by atoms with Crippen molar-refractivity contribution in [3.63, 3.8) is 0 Å². The lowest BCUT2D eigenvalue weighted by Gasteiger charge is -2.22. The summed E-state index contributed by atoms with van der Waals surface area (Å²) in [4.78, 5) is 11.6. The molecule has 7 heteroatoms. The first kappa shape index (κ1) is 21.5. The zero-order chi connectivity index (χ0) is 21.5. The van der Waals surface area contributed by atoms with Crippen LogP contribution in [0.15, 0.2) is 47.6 Å². The summed E-state index contributed by atoms with van der Waals surface area (Å²) in [6, 6.07) is 12.2. The molecule has 3 rings (SSSR count). The van der Waals surface area contributed by atoms with Crippen molar-refractivity contribution < 1.29 is 9.47 Å². The maximum Gasteiger partial charge on any atom is 0.194 e. The SMILES string of the molecule is CCNC(=NCc1cn2c(C)cccc2n1)N(C)CCc1ccc(OC)c(OC)c1. The first-order valence-corrected chi connectivity index (χ1v) is 10.2. The quantitative estimate of drug-likeness (QED) is 0.457. The van der Waals surface area contributed by atoms with E-state index < -0.39 is 0 Å². The predicted molar refractivity (Wildman–Crippen MR) is 121 cm³/mol. The van der Waals surface area contributed by atoms with Crippen molar-refractivity contribution in [3.05, 3.63) is 59.5 Å². The molecule has 0 radical (unpaired) electrons. The van der Waals surface area contributed by atoms with Gasteiger partial charge < -0.3 is 24.1 Å². The molecule has 0 bridgehead atoms. The third-order valence-electron chi connectivity index (χ3n) is 5.02. The molecule has 1 aromatic carbocycles. The minimum Gasteiger partial charge on any atom is -0.493 e. The lowest BCUT2D eigenvalue weighted by atomic mass is 10.1. The summed E-state index contributed by atoms with van der Waals surface area (Å²) in [7, 11) is 5.36. The van der Waals surface area contributed by atoms with E-state index in [9.17, 15) is 0 Å². The molecule has 0 atom stereocenters. The molecule has 0 spiro atoms. The molecule has 160 valence electrons. The summed E-state index contributed by atoms with van der Waals surface area (Å²) in [5.74, 6) is 2.36. The fourth-order valence-electron chi connectivity index (χ4n) is 3.34. The lowest BCUT2D eigenvalue weighted by molar-refractivity contribution is 0.354. The van der Waals surface area contributed by atoms with Gasteiger partial charge in [-0.1, -0.05) is 12.1 Å². The number of guanidine groups is 1. The first-order chi connectivity index (χ1) is 14.5. The zero-order valence-corrected chi connectivity index (χ0v) is 18.5. The number of fused-ring (bicyclic) bond motifs is 1. The Kier molecular flexibility index (Phi) is 7.17. The Morgan fingerprint density at radius 1 is 1.17 bits per heavy atom. The fraction of sp³-hybridized carbons (Fsp3) is 0.391. The van der Waals surface area contributed by atoms with Crippen LogP contribution in [0.4, 0.5) is 0 Å². The number of aryl methyl sites for hydroxylation is 1. The van der Waals surface area contributed by atoms with E-state index >= 15 is 0 Å². The van der Waals surface area contributed by atoms with Gasteiger partial charge in [-0.15, -0.1) is 0 Å². The van der Waals surface area contributed by atoms with Crippen molar-refractivity contribution in [1.82, 2.24) is 19.6 Å². The fourth-order valence-corrected chi connectivity index (χ4v) is 3.34. The number of aromatic nitrogens is 2. The molecule has 2 heterocycles. The maximum absolute atomic E-state index is 5.41. The van der Waals surface area contributed by atoms with Crippen LogP contribution in [0.25, 0.3) is 5.65 Å². The van der Waals surface area contributed by atoms with Crippen LogP contribution in [0.2, 0.25) is 0 Å². The van der Waals surface area contributed by atoms with Crippen LogP contribution >= 0.6 is 0 Å². The van der Waals surface area contributed by atoms with Gasteiger partial charge in [-0.2, -0.15) is 0 Å². The normalized spacial score (nSPS) is 11.6. The van der Waals surface area contributed by atoms with Gasteiger partial charge in [0.2, 0.25) is 0 Å².